The second-order valence-electron chi connectivity index (χ2n) is 5.70. The van der Waals surface area contributed by atoms with Crippen LogP contribution in [0.25, 0.3) is 0 Å². The van der Waals surface area contributed by atoms with Crippen LogP contribution in [-0.2, 0) is 5.41 Å². The first-order valence-electron chi connectivity index (χ1n) is 6.96. The Bertz CT molecular complexity index is 370. The lowest BCUT2D eigenvalue weighted by molar-refractivity contribution is 0.276. The maximum absolute atomic E-state index is 5.86. The van der Waals surface area contributed by atoms with Crippen LogP contribution in [0.3, 0.4) is 0 Å². The van der Waals surface area contributed by atoms with Gasteiger partial charge in [-0.05, 0) is 56.2 Å². The monoisotopic (exact) mass is 231 g/mol. The maximum Gasteiger partial charge on any atom is -0.00324 e. The van der Waals surface area contributed by atoms with Crippen molar-refractivity contribution in [1.29, 1.82) is 0 Å². The Morgan fingerprint density at radius 2 is 1.82 bits per heavy atom. The molecule has 0 heterocycles. The fourth-order valence-electron chi connectivity index (χ4n) is 3.57. The van der Waals surface area contributed by atoms with Gasteiger partial charge in [0.2, 0.25) is 0 Å². The molecule has 1 heteroatoms. The zero-order valence-corrected chi connectivity index (χ0v) is 11.3. The van der Waals surface area contributed by atoms with Gasteiger partial charge in [-0.15, -0.1) is 0 Å². The lowest BCUT2D eigenvalue weighted by Gasteiger charge is -2.39. The third-order valence-corrected chi connectivity index (χ3v) is 4.39. The van der Waals surface area contributed by atoms with Crippen molar-refractivity contribution >= 4 is 0 Å². The highest BCUT2D eigenvalue weighted by atomic mass is 14.5. The number of aryl methyl sites for hydroxylation is 2. The number of hydrogen-bond acceptors (Lipinski definition) is 1. The van der Waals surface area contributed by atoms with Crippen molar-refractivity contribution in [3.8, 4) is 0 Å². The summed E-state index contributed by atoms with van der Waals surface area (Å²) in [6, 6.07) is 6.93. The summed E-state index contributed by atoms with van der Waals surface area (Å²) in [6.45, 7) is 5.25. The van der Waals surface area contributed by atoms with Gasteiger partial charge in [-0.1, -0.05) is 43.0 Å². The van der Waals surface area contributed by atoms with Crippen molar-refractivity contribution in [2.75, 3.05) is 6.54 Å². The minimum atomic E-state index is 0.380. The molecule has 1 saturated carbocycles. The molecule has 0 bridgehead atoms. The SMILES string of the molecule is Cc1ccc(C2(CCN)CCCCC2)c(C)c1. The number of nitrogens with two attached hydrogens (primary N) is 1. The molecule has 17 heavy (non-hydrogen) atoms. The van der Waals surface area contributed by atoms with Gasteiger partial charge in [-0.2, -0.15) is 0 Å². The molecule has 0 amide bonds. The van der Waals surface area contributed by atoms with Crippen LogP contribution in [0.4, 0.5) is 0 Å². The molecule has 1 aromatic carbocycles. The topological polar surface area (TPSA) is 26.0 Å². The molecule has 0 unspecified atom stereocenters. The predicted octanol–water partition coefficient (Wildman–Crippen LogP) is 3.85. The molecule has 1 aliphatic carbocycles. The number of rotatable bonds is 3. The van der Waals surface area contributed by atoms with E-state index in [0.29, 0.717) is 5.41 Å². The molecule has 0 aromatic heterocycles. The van der Waals surface area contributed by atoms with E-state index >= 15 is 0 Å². The molecule has 1 aliphatic rings. The predicted molar refractivity (Wildman–Crippen MR) is 74.4 cm³/mol. The number of benzene rings is 1. The van der Waals surface area contributed by atoms with Gasteiger partial charge in [0.05, 0.1) is 0 Å². The molecule has 94 valence electrons. The summed E-state index contributed by atoms with van der Waals surface area (Å²) in [6.07, 6.45) is 7.94. The molecule has 2 rings (SSSR count). The first-order chi connectivity index (χ1) is 8.18. The molecule has 0 aliphatic heterocycles. The molecule has 2 N–H and O–H groups in total. The van der Waals surface area contributed by atoms with Crippen LogP contribution in [0.2, 0.25) is 0 Å². The molecule has 0 spiro atoms. The van der Waals surface area contributed by atoms with Crippen molar-refractivity contribution in [3.05, 3.63) is 34.9 Å². The highest BCUT2D eigenvalue weighted by Crippen LogP contribution is 2.43. The molecule has 1 fully saturated rings. The lowest BCUT2D eigenvalue weighted by Crippen LogP contribution is -2.32. The van der Waals surface area contributed by atoms with Gasteiger partial charge in [-0.3, -0.25) is 0 Å². The van der Waals surface area contributed by atoms with E-state index in [2.05, 4.69) is 32.0 Å². The summed E-state index contributed by atoms with van der Waals surface area (Å²) < 4.78 is 0. The highest BCUT2D eigenvalue weighted by Gasteiger charge is 2.33. The fraction of sp³-hybridized carbons (Fsp3) is 0.625. The molecule has 1 nitrogen and oxygen atoms in total. The standard InChI is InChI=1S/C16H25N/c1-13-6-7-15(14(2)12-13)16(10-11-17)8-4-3-5-9-16/h6-7,12H,3-5,8-11,17H2,1-2H3. The summed E-state index contributed by atoms with van der Waals surface area (Å²) in [7, 11) is 0. The Morgan fingerprint density at radius 3 is 2.41 bits per heavy atom. The fourth-order valence-corrected chi connectivity index (χ4v) is 3.57. The van der Waals surface area contributed by atoms with E-state index in [-0.39, 0.29) is 0 Å². The summed E-state index contributed by atoms with van der Waals surface area (Å²) in [5, 5.41) is 0. The quantitative estimate of drug-likeness (QED) is 0.840. The van der Waals surface area contributed by atoms with Crippen LogP contribution < -0.4 is 5.73 Å². The molecule has 0 saturated heterocycles. The Kier molecular flexibility index (Phi) is 3.88. The first-order valence-corrected chi connectivity index (χ1v) is 6.96. The highest BCUT2D eigenvalue weighted by molar-refractivity contribution is 5.37. The van der Waals surface area contributed by atoms with Gasteiger partial charge in [0.15, 0.2) is 0 Å². The molecule has 1 aromatic rings. The minimum Gasteiger partial charge on any atom is -0.330 e. The Labute approximate surface area is 105 Å². The van der Waals surface area contributed by atoms with Gasteiger partial charge in [0.1, 0.15) is 0 Å². The van der Waals surface area contributed by atoms with E-state index in [0.717, 1.165) is 13.0 Å². The second-order valence-corrected chi connectivity index (χ2v) is 5.70. The molecule has 0 radical (unpaired) electrons. The zero-order valence-electron chi connectivity index (χ0n) is 11.3. The third kappa shape index (κ3) is 2.55. The van der Waals surface area contributed by atoms with Gasteiger partial charge < -0.3 is 5.73 Å². The Morgan fingerprint density at radius 1 is 1.12 bits per heavy atom. The first kappa shape index (κ1) is 12.6. The summed E-state index contributed by atoms with van der Waals surface area (Å²) >= 11 is 0. The normalized spacial score (nSPS) is 19.2. The molecular formula is C16H25N. The van der Waals surface area contributed by atoms with Crippen molar-refractivity contribution in [1.82, 2.24) is 0 Å². The summed E-state index contributed by atoms with van der Waals surface area (Å²) in [4.78, 5) is 0. The van der Waals surface area contributed by atoms with Crippen LogP contribution >= 0.6 is 0 Å². The largest absolute Gasteiger partial charge is 0.330 e. The summed E-state index contributed by atoms with van der Waals surface area (Å²) in [5.74, 6) is 0. The van der Waals surface area contributed by atoms with E-state index in [4.69, 9.17) is 5.73 Å². The maximum atomic E-state index is 5.86. The zero-order chi connectivity index (χ0) is 12.3. The van der Waals surface area contributed by atoms with Crippen LogP contribution in [0.5, 0.6) is 0 Å². The average Bonchev–Trinajstić information content (AvgIpc) is 2.30. The Balaban J connectivity index is 2.37. The van der Waals surface area contributed by atoms with Crippen molar-refractivity contribution < 1.29 is 0 Å². The van der Waals surface area contributed by atoms with Crippen molar-refractivity contribution in [2.24, 2.45) is 5.73 Å². The van der Waals surface area contributed by atoms with Crippen LogP contribution in [0.15, 0.2) is 18.2 Å². The van der Waals surface area contributed by atoms with Crippen LogP contribution in [0, 0.1) is 13.8 Å². The van der Waals surface area contributed by atoms with E-state index in [1.165, 1.54) is 43.2 Å². The Hall–Kier alpha value is -0.820. The van der Waals surface area contributed by atoms with Gasteiger partial charge in [0, 0.05) is 0 Å². The van der Waals surface area contributed by atoms with Crippen molar-refractivity contribution in [2.45, 2.75) is 57.8 Å². The van der Waals surface area contributed by atoms with E-state index in [9.17, 15) is 0 Å². The van der Waals surface area contributed by atoms with E-state index in [1.807, 2.05) is 0 Å². The van der Waals surface area contributed by atoms with Crippen molar-refractivity contribution in [3.63, 3.8) is 0 Å². The number of hydrogen-bond donors (Lipinski definition) is 1. The smallest absolute Gasteiger partial charge is 0.00324 e. The molecule has 0 atom stereocenters. The average molecular weight is 231 g/mol. The molecular weight excluding hydrogens is 206 g/mol. The van der Waals surface area contributed by atoms with Crippen LogP contribution in [0.1, 0.15) is 55.2 Å². The minimum absolute atomic E-state index is 0.380. The lowest BCUT2D eigenvalue weighted by atomic mass is 9.66. The van der Waals surface area contributed by atoms with Gasteiger partial charge >= 0.3 is 0 Å². The third-order valence-electron chi connectivity index (χ3n) is 4.39. The second kappa shape index (κ2) is 5.22. The van der Waals surface area contributed by atoms with E-state index in [1.54, 1.807) is 5.56 Å². The van der Waals surface area contributed by atoms with E-state index < -0.39 is 0 Å². The van der Waals surface area contributed by atoms with Crippen LogP contribution in [-0.4, -0.2) is 6.54 Å². The summed E-state index contributed by atoms with van der Waals surface area (Å²) in [5.41, 5.74) is 10.6. The van der Waals surface area contributed by atoms with Gasteiger partial charge in [0.25, 0.3) is 0 Å². The van der Waals surface area contributed by atoms with Gasteiger partial charge in [-0.25, -0.2) is 0 Å².